The molecule has 1 aliphatic rings. The van der Waals surface area contributed by atoms with Crippen LogP contribution >= 0.6 is 11.3 Å². The van der Waals surface area contributed by atoms with Gasteiger partial charge in [0.2, 0.25) is 0 Å². The first-order chi connectivity index (χ1) is 13.5. The Hall–Kier alpha value is -2.71. The molecule has 0 aliphatic heterocycles. The Morgan fingerprint density at radius 1 is 1.00 bits per heavy atom. The zero-order chi connectivity index (χ0) is 19.6. The van der Waals surface area contributed by atoms with Crippen molar-refractivity contribution in [1.29, 1.82) is 0 Å². The maximum Gasteiger partial charge on any atom is 0.261 e. The number of aromatic nitrogens is 1. The molecule has 0 fully saturated rings. The van der Waals surface area contributed by atoms with E-state index in [9.17, 15) is 13.2 Å². The lowest BCUT2D eigenvalue weighted by Gasteiger charge is -2.17. The van der Waals surface area contributed by atoms with Crippen molar-refractivity contribution < 1.29 is 13.2 Å². The second kappa shape index (κ2) is 7.73. The van der Waals surface area contributed by atoms with Crippen LogP contribution in [-0.2, 0) is 22.9 Å². The van der Waals surface area contributed by atoms with Gasteiger partial charge in [0.05, 0.1) is 4.90 Å². The van der Waals surface area contributed by atoms with Crippen molar-refractivity contribution in [2.45, 2.75) is 30.6 Å². The van der Waals surface area contributed by atoms with Crippen LogP contribution < -0.4 is 10.0 Å². The van der Waals surface area contributed by atoms with Gasteiger partial charge < -0.3 is 0 Å². The maximum atomic E-state index is 12.7. The number of nitrogens with one attached hydrogen (secondary N) is 2. The third-order valence-electron chi connectivity index (χ3n) is 4.68. The van der Waals surface area contributed by atoms with Gasteiger partial charge in [-0.1, -0.05) is 6.07 Å². The first kappa shape index (κ1) is 18.6. The van der Waals surface area contributed by atoms with Gasteiger partial charge in [0.1, 0.15) is 0 Å². The molecule has 0 spiro atoms. The van der Waals surface area contributed by atoms with E-state index in [0.717, 1.165) is 31.2 Å². The number of hydrogen-bond acceptors (Lipinski definition) is 5. The monoisotopic (exact) mass is 413 g/mol. The van der Waals surface area contributed by atoms with Crippen molar-refractivity contribution in [3.63, 3.8) is 0 Å². The fourth-order valence-corrected chi connectivity index (χ4v) is 4.87. The van der Waals surface area contributed by atoms with E-state index in [0.29, 0.717) is 16.4 Å². The lowest BCUT2D eigenvalue weighted by atomic mass is 9.92. The molecule has 4 rings (SSSR count). The molecule has 2 N–H and O–H groups in total. The fourth-order valence-electron chi connectivity index (χ4n) is 3.24. The Kier molecular flexibility index (Phi) is 5.15. The molecule has 144 valence electrons. The molecule has 0 atom stereocenters. The van der Waals surface area contributed by atoms with E-state index in [1.54, 1.807) is 48.0 Å². The predicted molar refractivity (Wildman–Crippen MR) is 110 cm³/mol. The number of fused-ring (bicyclic) bond motifs is 1. The molecule has 2 aromatic carbocycles. The van der Waals surface area contributed by atoms with Crippen LogP contribution in [0.4, 0.5) is 10.8 Å². The predicted octanol–water partition coefficient (Wildman–Crippen LogP) is 4.08. The molecule has 1 amide bonds. The third-order valence-corrected chi connectivity index (χ3v) is 6.75. The third kappa shape index (κ3) is 4.07. The number of aryl methyl sites for hydroxylation is 2. The Balaban J connectivity index is 1.48. The molecule has 6 nitrogen and oxygen atoms in total. The number of rotatable bonds is 5. The molecule has 1 aromatic heterocycles. The van der Waals surface area contributed by atoms with Crippen LogP contribution in [-0.4, -0.2) is 19.3 Å². The van der Waals surface area contributed by atoms with Crippen LogP contribution in [0.2, 0.25) is 0 Å². The molecule has 0 unspecified atom stereocenters. The van der Waals surface area contributed by atoms with E-state index in [-0.39, 0.29) is 10.8 Å². The number of carbonyl (C=O) groups excluding carboxylic acids is 1. The van der Waals surface area contributed by atoms with Crippen LogP contribution in [0.5, 0.6) is 0 Å². The number of amides is 1. The molecule has 3 aromatic rings. The standard InChI is InChI=1S/C20H19N3O3S2/c24-19(22-20-21-11-12-27-20)15-5-8-17(9-6-15)23-28(25,26)18-10-7-14-3-1-2-4-16(14)13-18/h5-13,23H,1-4H2,(H,21,22,24). The molecule has 0 radical (unpaired) electrons. The average molecular weight is 414 g/mol. The highest BCUT2D eigenvalue weighted by molar-refractivity contribution is 7.92. The lowest BCUT2D eigenvalue weighted by Crippen LogP contribution is -2.15. The summed E-state index contributed by atoms with van der Waals surface area (Å²) in [6.07, 6.45) is 5.78. The van der Waals surface area contributed by atoms with Gasteiger partial charge in [-0.05, 0) is 73.2 Å². The number of nitrogens with zero attached hydrogens (tertiary/aromatic N) is 1. The highest BCUT2D eigenvalue weighted by Crippen LogP contribution is 2.25. The summed E-state index contributed by atoms with van der Waals surface area (Å²) in [6, 6.07) is 11.6. The number of anilines is 2. The lowest BCUT2D eigenvalue weighted by molar-refractivity contribution is 0.102. The maximum absolute atomic E-state index is 12.7. The zero-order valence-corrected chi connectivity index (χ0v) is 16.6. The number of thiazole rings is 1. The van der Waals surface area contributed by atoms with Gasteiger partial charge in [0.15, 0.2) is 5.13 Å². The van der Waals surface area contributed by atoms with Crippen molar-refractivity contribution in [2.75, 3.05) is 10.0 Å². The van der Waals surface area contributed by atoms with Crippen LogP contribution in [0.25, 0.3) is 0 Å². The van der Waals surface area contributed by atoms with Gasteiger partial charge in [-0.3, -0.25) is 14.8 Å². The smallest absolute Gasteiger partial charge is 0.261 e. The zero-order valence-electron chi connectivity index (χ0n) is 15.0. The summed E-state index contributed by atoms with van der Waals surface area (Å²) in [5, 5.41) is 4.98. The molecular weight excluding hydrogens is 394 g/mol. The fraction of sp³-hybridized carbons (Fsp3) is 0.200. The Morgan fingerprint density at radius 2 is 1.75 bits per heavy atom. The molecule has 1 heterocycles. The van der Waals surface area contributed by atoms with Crippen molar-refractivity contribution in [2.24, 2.45) is 0 Å². The quantitative estimate of drug-likeness (QED) is 0.660. The SMILES string of the molecule is O=C(Nc1nccs1)c1ccc(NS(=O)(=O)c2ccc3c(c2)CCCC3)cc1. The topological polar surface area (TPSA) is 88.2 Å². The largest absolute Gasteiger partial charge is 0.298 e. The van der Waals surface area contributed by atoms with Crippen LogP contribution in [0.15, 0.2) is 58.9 Å². The van der Waals surface area contributed by atoms with E-state index < -0.39 is 10.0 Å². The van der Waals surface area contributed by atoms with E-state index in [1.165, 1.54) is 16.9 Å². The second-order valence-electron chi connectivity index (χ2n) is 6.61. The summed E-state index contributed by atoms with van der Waals surface area (Å²) in [4.78, 5) is 16.5. The normalized spacial score (nSPS) is 13.6. The van der Waals surface area contributed by atoms with Gasteiger partial charge >= 0.3 is 0 Å². The summed E-state index contributed by atoms with van der Waals surface area (Å²) in [7, 11) is -3.68. The van der Waals surface area contributed by atoms with Crippen LogP contribution in [0.3, 0.4) is 0 Å². The minimum absolute atomic E-state index is 0.263. The first-order valence-electron chi connectivity index (χ1n) is 8.97. The number of carbonyl (C=O) groups is 1. The van der Waals surface area contributed by atoms with Crippen molar-refractivity contribution in [3.05, 3.63) is 70.7 Å². The van der Waals surface area contributed by atoms with E-state index in [1.807, 2.05) is 6.07 Å². The highest BCUT2D eigenvalue weighted by Gasteiger charge is 2.18. The Labute approximate surface area is 167 Å². The molecule has 8 heteroatoms. The van der Waals surface area contributed by atoms with Gasteiger partial charge in [-0.15, -0.1) is 11.3 Å². The van der Waals surface area contributed by atoms with Gasteiger partial charge in [0, 0.05) is 22.8 Å². The average Bonchev–Trinajstić information content (AvgIpc) is 3.21. The molecule has 0 saturated heterocycles. The molecule has 0 bridgehead atoms. The summed E-state index contributed by atoms with van der Waals surface area (Å²) < 4.78 is 28.0. The van der Waals surface area contributed by atoms with Crippen molar-refractivity contribution in [3.8, 4) is 0 Å². The van der Waals surface area contributed by atoms with Crippen LogP contribution in [0.1, 0.15) is 34.3 Å². The van der Waals surface area contributed by atoms with Crippen LogP contribution in [0, 0.1) is 0 Å². The summed E-state index contributed by atoms with van der Waals surface area (Å²) in [6.45, 7) is 0. The highest BCUT2D eigenvalue weighted by atomic mass is 32.2. The van der Waals surface area contributed by atoms with Gasteiger partial charge in [0.25, 0.3) is 15.9 Å². The summed E-state index contributed by atoms with van der Waals surface area (Å²) in [5.74, 6) is -0.293. The minimum atomic E-state index is -3.68. The van der Waals surface area contributed by atoms with E-state index >= 15 is 0 Å². The molecular formula is C20H19N3O3S2. The van der Waals surface area contributed by atoms with E-state index in [2.05, 4.69) is 15.0 Å². The number of hydrogen-bond donors (Lipinski definition) is 2. The molecule has 28 heavy (non-hydrogen) atoms. The minimum Gasteiger partial charge on any atom is -0.298 e. The number of benzene rings is 2. The molecule has 1 aliphatic carbocycles. The summed E-state index contributed by atoms with van der Waals surface area (Å²) >= 11 is 1.33. The van der Waals surface area contributed by atoms with Crippen molar-refractivity contribution >= 4 is 38.1 Å². The second-order valence-corrected chi connectivity index (χ2v) is 9.19. The van der Waals surface area contributed by atoms with Crippen molar-refractivity contribution in [1.82, 2.24) is 4.98 Å². The first-order valence-corrected chi connectivity index (χ1v) is 11.3. The molecule has 0 saturated carbocycles. The Bertz CT molecular complexity index is 1090. The van der Waals surface area contributed by atoms with Gasteiger partial charge in [-0.25, -0.2) is 13.4 Å². The van der Waals surface area contributed by atoms with Gasteiger partial charge in [-0.2, -0.15) is 0 Å². The number of sulfonamides is 1. The summed E-state index contributed by atoms with van der Waals surface area (Å²) in [5.41, 5.74) is 3.18. The Morgan fingerprint density at radius 3 is 2.46 bits per heavy atom. The van der Waals surface area contributed by atoms with E-state index in [4.69, 9.17) is 0 Å².